The minimum absolute atomic E-state index is 0.0862. The van der Waals surface area contributed by atoms with E-state index in [0.29, 0.717) is 6.54 Å². The van der Waals surface area contributed by atoms with Crippen molar-refractivity contribution >= 4 is 11.6 Å². The van der Waals surface area contributed by atoms with Gasteiger partial charge in [0.05, 0.1) is 11.0 Å². The highest BCUT2D eigenvalue weighted by Crippen LogP contribution is 2.21. The first kappa shape index (κ1) is 14.4. The molecular formula is C13H16FN3O3. The number of nitro groups is 1. The van der Waals surface area contributed by atoms with Gasteiger partial charge in [-0.25, -0.2) is 4.39 Å². The molecule has 6 nitrogen and oxygen atoms in total. The number of hydrogen-bond donors (Lipinski definition) is 1. The zero-order valence-corrected chi connectivity index (χ0v) is 11.1. The molecule has 1 fully saturated rings. The van der Waals surface area contributed by atoms with E-state index in [9.17, 15) is 19.3 Å². The average molecular weight is 281 g/mol. The third-order valence-corrected chi connectivity index (χ3v) is 3.39. The van der Waals surface area contributed by atoms with E-state index in [0.717, 1.165) is 37.6 Å². The Kier molecular flexibility index (Phi) is 4.29. The first-order valence-corrected chi connectivity index (χ1v) is 6.42. The second-order valence-electron chi connectivity index (χ2n) is 4.90. The number of nitro benzene ring substituents is 1. The summed E-state index contributed by atoms with van der Waals surface area (Å²) in [5.74, 6) is -1.20. The number of halogens is 1. The van der Waals surface area contributed by atoms with Crippen LogP contribution in [0.5, 0.6) is 0 Å². The molecule has 1 heterocycles. The maximum Gasteiger partial charge on any atom is 0.285 e. The summed E-state index contributed by atoms with van der Waals surface area (Å²) in [6, 6.07) is 3.20. The van der Waals surface area contributed by atoms with Crippen LogP contribution < -0.4 is 5.32 Å². The normalized spacial score (nSPS) is 18.0. The minimum atomic E-state index is -0.738. The number of rotatable bonds is 4. The molecule has 20 heavy (non-hydrogen) atoms. The molecule has 1 unspecified atom stereocenters. The van der Waals surface area contributed by atoms with Gasteiger partial charge in [0.15, 0.2) is 0 Å². The molecule has 1 aromatic carbocycles. The lowest BCUT2D eigenvalue weighted by Crippen LogP contribution is -2.38. The van der Waals surface area contributed by atoms with Crippen LogP contribution in [0.4, 0.5) is 10.1 Å². The summed E-state index contributed by atoms with van der Waals surface area (Å²) in [4.78, 5) is 23.8. The van der Waals surface area contributed by atoms with Gasteiger partial charge in [0, 0.05) is 19.6 Å². The Hall–Kier alpha value is -2.02. The summed E-state index contributed by atoms with van der Waals surface area (Å²) in [6.07, 6.45) is 2.03. The third-order valence-electron chi connectivity index (χ3n) is 3.39. The van der Waals surface area contributed by atoms with Crippen LogP contribution in [-0.2, 0) is 0 Å². The number of nitrogens with zero attached hydrogens (tertiary/aromatic N) is 2. The maximum absolute atomic E-state index is 13.1. The number of carbonyl (C=O) groups excluding carboxylic acids is 1. The summed E-state index contributed by atoms with van der Waals surface area (Å²) < 4.78 is 13.1. The van der Waals surface area contributed by atoms with Gasteiger partial charge in [0.25, 0.3) is 11.6 Å². The Bertz CT molecular complexity index is 530. The van der Waals surface area contributed by atoms with Crippen molar-refractivity contribution in [2.45, 2.75) is 18.9 Å². The van der Waals surface area contributed by atoms with E-state index in [1.165, 1.54) is 4.90 Å². The SMILES string of the molecule is CN(CC1CCCN1)C(=O)c1ccc(F)cc1[N+](=O)[O-]. The van der Waals surface area contributed by atoms with E-state index >= 15 is 0 Å². The molecule has 1 aromatic rings. The fraction of sp³-hybridized carbons (Fsp3) is 0.462. The highest BCUT2D eigenvalue weighted by Gasteiger charge is 2.25. The number of benzene rings is 1. The minimum Gasteiger partial charge on any atom is -0.340 e. The van der Waals surface area contributed by atoms with Crippen molar-refractivity contribution in [3.63, 3.8) is 0 Å². The number of carbonyl (C=O) groups is 1. The lowest BCUT2D eigenvalue weighted by atomic mass is 10.1. The Morgan fingerprint density at radius 1 is 1.60 bits per heavy atom. The van der Waals surface area contributed by atoms with E-state index in [1.807, 2.05) is 0 Å². The predicted octanol–water partition coefficient (Wildman–Crippen LogP) is 1.56. The third kappa shape index (κ3) is 3.11. The van der Waals surface area contributed by atoms with E-state index in [-0.39, 0.29) is 11.6 Å². The number of hydrogen-bond acceptors (Lipinski definition) is 4. The van der Waals surface area contributed by atoms with Crippen molar-refractivity contribution in [3.8, 4) is 0 Å². The maximum atomic E-state index is 13.1. The molecule has 0 aliphatic carbocycles. The van der Waals surface area contributed by atoms with Crippen molar-refractivity contribution in [2.75, 3.05) is 20.1 Å². The van der Waals surface area contributed by atoms with Crippen LogP contribution in [0.25, 0.3) is 0 Å². The molecule has 108 valence electrons. The van der Waals surface area contributed by atoms with Crippen LogP contribution >= 0.6 is 0 Å². The Morgan fingerprint density at radius 2 is 2.35 bits per heavy atom. The van der Waals surface area contributed by atoms with Crippen molar-refractivity contribution in [1.29, 1.82) is 0 Å². The van der Waals surface area contributed by atoms with Crippen molar-refractivity contribution in [3.05, 3.63) is 39.7 Å². The standard InChI is InChI=1S/C13H16FN3O3/c1-16(8-10-3-2-6-15-10)13(18)11-5-4-9(14)7-12(11)17(19)20/h4-5,7,10,15H,2-3,6,8H2,1H3. The van der Waals surface area contributed by atoms with Gasteiger partial charge in [-0.3, -0.25) is 14.9 Å². The molecule has 0 radical (unpaired) electrons. The van der Waals surface area contributed by atoms with Gasteiger partial charge in [-0.1, -0.05) is 0 Å². The van der Waals surface area contributed by atoms with Crippen LogP contribution in [0.1, 0.15) is 23.2 Å². The predicted molar refractivity (Wildman–Crippen MR) is 71.0 cm³/mol. The molecule has 0 bridgehead atoms. The van der Waals surface area contributed by atoms with Crippen LogP contribution in [0.3, 0.4) is 0 Å². The monoisotopic (exact) mass is 281 g/mol. The fourth-order valence-electron chi connectivity index (χ4n) is 2.37. The molecule has 0 spiro atoms. The van der Waals surface area contributed by atoms with E-state index < -0.39 is 22.3 Å². The second-order valence-corrected chi connectivity index (χ2v) is 4.90. The molecule has 1 amide bonds. The number of amides is 1. The summed E-state index contributed by atoms with van der Waals surface area (Å²) in [7, 11) is 1.59. The first-order valence-electron chi connectivity index (χ1n) is 6.42. The average Bonchev–Trinajstić information content (AvgIpc) is 2.90. The van der Waals surface area contributed by atoms with Gasteiger partial charge >= 0.3 is 0 Å². The molecule has 0 saturated carbocycles. The fourth-order valence-corrected chi connectivity index (χ4v) is 2.37. The Labute approximate surface area is 115 Å². The topological polar surface area (TPSA) is 75.5 Å². The summed E-state index contributed by atoms with van der Waals surface area (Å²) in [5.41, 5.74) is -0.585. The molecule has 2 rings (SSSR count). The zero-order chi connectivity index (χ0) is 14.7. The summed E-state index contributed by atoms with van der Waals surface area (Å²) in [5, 5.41) is 14.2. The molecule has 1 N–H and O–H groups in total. The van der Waals surface area contributed by atoms with E-state index in [1.54, 1.807) is 7.05 Å². The molecule has 1 aliphatic heterocycles. The molecule has 7 heteroatoms. The van der Waals surface area contributed by atoms with Crippen LogP contribution in [0.2, 0.25) is 0 Å². The van der Waals surface area contributed by atoms with Gasteiger partial charge < -0.3 is 10.2 Å². The van der Waals surface area contributed by atoms with Gasteiger partial charge in [-0.05, 0) is 31.5 Å². The summed E-state index contributed by atoms with van der Waals surface area (Å²) >= 11 is 0. The van der Waals surface area contributed by atoms with Crippen LogP contribution in [0.15, 0.2) is 18.2 Å². The zero-order valence-electron chi connectivity index (χ0n) is 11.1. The quantitative estimate of drug-likeness (QED) is 0.671. The van der Waals surface area contributed by atoms with Crippen molar-refractivity contribution < 1.29 is 14.1 Å². The number of likely N-dealkylation sites (N-methyl/N-ethyl adjacent to an activating group) is 1. The largest absolute Gasteiger partial charge is 0.340 e. The molecule has 0 aromatic heterocycles. The Morgan fingerprint density at radius 3 is 2.95 bits per heavy atom. The van der Waals surface area contributed by atoms with Crippen molar-refractivity contribution in [1.82, 2.24) is 10.2 Å². The number of nitrogens with one attached hydrogen (secondary N) is 1. The smallest absolute Gasteiger partial charge is 0.285 e. The molecular weight excluding hydrogens is 265 g/mol. The molecule has 1 atom stereocenters. The highest BCUT2D eigenvalue weighted by atomic mass is 19.1. The first-order chi connectivity index (χ1) is 9.49. The van der Waals surface area contributed by atoms with Gasteiger partial charge in [-0.15, -0.1) is 0 Å². The van der Waals surface area contributed by atoms with Crippen molar-refractivity contribution in [2.24, 2.45) is 0 Å². The lowest BCUT2D eigenvalue weighted by molar-refractivity contribution is -0.385. The van der Waals surface area contributed by atoms with Gasteiger partial charge in [-0.2, -0.15) is 0 Å². The van der Waals surface area contributed by atoms with Gasteiger partial charge in [0.1, 0.15) is 11.4 Å². The van der Waals surface area contributed by atoms with Gasteiger partial charge in [0.2, 0.25) is 0 Å². The van der Waals surface area contributed by atoms with E-state index in [2.05, 4.69) is 5.32 Å². The van der Waals surface area contributed by atoms with Crippen LogP contribution in [-0.4, -0.2) is 41.9 Å². The summed E-state index contributed by atoms with van der Waals surface area (Å²) in [6.45, 7) is 1.40. The van der Waals surface area contributed by atoms with E-state index in [4.69, 9.17) is 0 Å². The lowest BCUT2D eigenvalue weighted by Gasteiger charge is -2.21. The molecule has 1 saturated heterocycles. The second kappa shape index (κ2) is 5.96. The van der Waals surface area contributed by atoms with Crippen LogP contribution in [0, 0.1) is 15.9 Å². The molecule has 1 aliphatic rings. The Balaban J connectivity index is 2.17. The highest BCUT2D eigenvalue weighted by molar-refractivity contribution is 5.98.